The van der Waals surface area contributed by atoms with E-state index in [1.807, 2.05) is 24.3 Å². The average molecular weight is 270 g/mol. The van der Waals surface area contributed by atoms with Gasteiger partial charge in [-0.1, -0.05) is 12.1 Å². The lowest BCUT2D eigenvalue weighted by Gasteiger charge is -2.16. The first-order valence-electron chi connectivity index (χ1n) is 6.22. The third-order valence-electron chi connectivity index (χ3n) is 3.26. The molecule has 102 valence electrons. The highest BCUT2D eigenvalue weighted by atomic mass is 16.5. The van der Waals surface area contributed by atoms with E-state index in [4.69, 9.17) is 10.5 Å². The Morgan fingerprint density at radius 2 is 2.10 bits per heavy atom. The van der Waals surface area contributed by atoms with E-state index in [-0.39, 0.29) is 11.9 Å². The number of nitrogen functional groups attached to an aromatic ring is 1. The number of ether oxygens (including phenoxy) is 1. The number of rotatable bonds is 3. The minimum atomic E-state index is 0.00992. The molecule has 1 aromatic carbocycles. The lowest BCUT2D eigenvalue weighted by atomic mass is 10.2. The van der Waals surface area contributed by atoms with Crippen molar-refractivity contribution in [3.63, 3.8) is 0 Å². The molecule has 6 nitrogen and oxygen atoms in total. The third kappa shape index (κ3) is 2.16. The van der Waals surface area contributed by atoms with Crippen LogP contribution in [-0.2, 0) is 17.8 Å². The molecule has 0 fully saturated rings. The summed E-state index contributed by atoms with van der Waals surface area (Å²) in [6, 6.07) is 7.58. The third-order valence-corrected chi connectivity index (χ3v) is 3.26. The van der Waals surface area contributed by atoms with Crippen molar-refractivity contribution in [3.05, 3.63) is 41.6 Å². The van der Waals surface area contributed by atoms with E-state index < -0.39 is 0 Å². The van der Waals surface area contributed by atoms with Gasteiger partial charge in [0.1, 0.15) is 11.6 Å². The SMILES string of the molecule is COc1ccc(CN2C(=O)Cc3cnc(N)nc32)cc1. The van der Waals surface area contributed by atoms with E-state index in [0.717, 1.165) is 16.9 Å². The van der Waals surface area contributed by atoms with Crippen molar-refractivity contribution < 1.29 is 9.53 Å². The smallest absolute Gasteiger partial charge is 0.233 e. The van der Waals surface area contributed by atoms with Crippen LogP contribution in [0.3, 0.4) is 0 Å². The molecule has 1 aromatic heterocycles. The normalized spacial score (nSPS) is 13.4. The van der Waals surface area contributed by atoms with Crippen LogP contribution >= 0.6 is 0 Å². The van der Waals surface area contributed by atoms with Crippen LogP contribution in [0.5, 0.6) is 5.75 Å². The van der Waals surface area contributed by atoms with Crippen LogP contribution in [0.1, 0.15) is 11.1 Å². The molecular formula is C14H14N4O2. The van der Waals surface area contributed by atoms with Gasteiger partial charge in [-0.05, 0) is 17.7 Å². The van der Waals surface area contributed by atoms with Crippen molar-refractivity contribution >= 4 is 17.7 Å². The summed E-state index contributed by atoms with van der Waals surface area (Å²) < 4.78 is 5.11. The number of nitrogens with zero attached hydrogens (tertiary/aromatic N) is 3. The van der Waals surface area contributed by atoms with Crippen LogP contribution < -0.4 is 15.4 Å². The fourth-order valence-electron chi connectivity index (χ4n) is 2.22. The first kappa shape index (κ1) is 12.4. The minimum absolute atomic E-state index is 0.00992. The van der Waals surface area contributed by atoms with Crippen molar-refractivity contribution in [1.82, 2.24) is 9.97 Å². The zero-order valence-corrected chi connectivity index (χ0v) is 11.0. The van der Waals surface area contributed by atoms with E-state index in [0.29, 0.717) is 18.8 Å². The molecule has 1 aliphatic heterocycles. The maximum absolute atomic E-state index is 12.1. The summed E-state index contributed by atoms with van der Waals surface area (Å²) in [6.45, 7) is 0.465. The van der Waals surface area contributed by atoms with Crippen molar-refractivity contribution in [1.29, 1.82) is 0 Å². The maximum atomic E-state index is 12.1. The second kappa shape index (κ2) is 4.80. The zero-order valence-electron chi connectivity index (χ0n) is 11.0. The second-order valence-electron chi connectivity index (χ2n) is 4.58. The first-order chi connectivity index (χ1) is 9.67. The summed E-state index contributed by atoms with van der Waals surface area (Å²) in [4.78, 5) is 21.8. The Kier molecular flexibility index (Phi) is 2.98. The fourth-order valence-corrected chi connectivity index (χ4v) is 2.22. The van der Waals surface area contributed by atoms with E-state index >= 15 is 0 Å². The largest absolute Gasteiger partial charge is 0.497 e. The molecule has 0 spiro atoms. The summed E-state index contributed by atoms with van der Waals surface area (Å²) in [5, 5.41) is 0. The van der Waals surface area contributed by atoms with Gasteiger partial charge in [-0.2, -0.15) is 4.98 Å². The Bertz CT molecular complexity index is 655. The first-order valence-corrected chi connectivity index (χ1v) is 6.22. The number of aromatic nitrogens is 2. The van der Waals surface area contributed by atoms with Crippen LogP contribution in [0.15, 0.2) is 30.5 Å². The van der Waals surface area contributed by atoms with Crippen molar-refractivity contribution in [2.75, 3.05) is 17.7 Å². The number of carbonyl (C=O) groups excluding carboxylic acids is 1. The number of nitrogens with two attached hydrogens (primary N) is 1. The number of hydrogen-bond donors (Lipinski definition) is 1. The number of hydrogen-bond acceptors (Lipinski definition) is 5. The summed E-state index contributed by atoms with van der Waals surface area (Å²) in [6.07, 6.45) is 1.94. The minimum Gasteiger partial charge on any atom is -0.497 e. The molecule has 2 aromatic rings. The van der Waals surface area contributed by atoms with E-state index in [1.165, 1.54) is 0 Å². The van der Waals surface area contributed by atoms with Gasteiger partial charge >= 0.3 is 0 Å². The molecule has 0 saturated carbocycles. The molecule has 0 unspecified atom stereocenters. The molecule has 1 amide bonds. The lowest BCUT2D eigenvalue weighted by Crippen LogP contribution is -2.26. The Morgan fingerprint density at radius 3 is 2.80 bits per heavy atom. The maximum Gasteiger partial charge on any atom is 0.233 e. The molecule has 2 N–H and O–H groups in total. The monoisotopic (exact) mass is 270 g/mol. The number of amides is 1. The molecule has 20 heavy (non-hydrogen) atoms. The molecule has 0 atom stereocenters. The van der Waals surface area contributed by atoms with E-state index in [2.05, 4.69) is 9.97 Å². The van der Waals surface area contributed by atoms with Gasteiger partial charge in [0.15, 0.2) is 0 Å². The van der Waals surface area contributed by atoms with E-state index in [1.54, 1.807) is 18.2 Å². The molecule has 0 aliphatic carbocycles. The zero-order chi connectivity index (χ0) is 14.1. The van der Waals surface area contributed by atoms with Gasteiger partial charge in [-0.15, -0.1) is 0 Å². The quantitative estimate of drug-likeness (QED) is 0.905. The van der Waals surface area contributed by atoms with Gasteiger partial charge in [0.25, 0.3) is 0 Å². The van der Waals surface area contributed by atoms with Crippen LogP contribution in [0, 0.1) is 0 Å². The highest BCUT2D eigenvalue weighted by molar-refractivity contribution is 6.00. The molecule has 3 rings (SSSR count). The van der Waals surface area contributed by atoms with Crippen molar-refractivity contribution in [2.24, 2.45) is 0 Å². The van der Waals surface area contributed by atoms with Crippen LogP contribution in [0.2, 0.25) is 0 Å². The van der Waals surface area contributed by atoms with E-state index in [9.17, 15) is 4.79 Å². The molecular weight excluding hydrogens is 256 g/mol. The van der Waals surface area contributed by atoms with Gasteiger partial charge in [-0.25, -0.2) is 4.98 Å². The Morgan fingerprint density at radius 1 is 1.35 bits per heavy atom. The van der Waals surface area contributed by atoms with Gasteiger partial charge in [0.05, 0.1) is 20.1 Å². The van der Waals surface area contributed by atoms with Crippen molar-refractivity contribution in [2.45, 2.75) is 13.0 Å². The average Bonchev–Trinajstić information content (AvgIpc) is 2.76. The van der Waals surface area contributed by atoms with Crippen LogP contribution in [0.4, 0.5) is 11.8 Å². The lowest BCUT2D eigenvalue weighted by molar-refractivity contribution is -0.117. The van der Waals surface area contributed by atoms with Gasteiger partial charge in [0, 0.05) is 11.8 Å². The molecule has 1 aliphatic rings. The van der Waals surface area contributed by atoms with Gasteiger partial charge in [0.2, 0.25) is 11.9 Å². The number of anilines is 2. The molecule has 0 bridgehead atoms. The number of methoxy groups -OCH3 is 1. The predicted octanol–water partition coefficient (Wildman–Crippen LogP) is 1.16. The fraction of sp³-hybridized carbons (Fsp3) is 0.214. The molecule has 0 saturated heterocycles. The summed E-state index contributed by atoms with van der Waals surface area (Å²) >= 11 is 0. The van der Waals surface area contributed by atoms with Gasteiger partial charge in [-0.3, -0.25) is 9.69 Å². The van der Waals surface area contributed by atoms with Gasteiger partial charge < -0.3 is 10.5 Å². The Hall–Kier alpha value is -2.63. The highest BCUT2D eigenvalue weighted by Gasteiger charge is 2.29. The molecule has 6 heteroatoms. The summed E-state index contributed by atoms with van der Waals surface area (Å²) in [5.41, 5.74) is 7.41. The summed E-state index contributed by atoms with van der Waals surface area (Å²) in [7, 11) is 1.62. The van der Waals surface area contributed by atoms with Crippen LogP contribution in [0.25, 0.3) is 0 Å². The predicted molar refractivity (Wildman–Crippen MR) is 74.3 cm³/mol. The Labute approximate surface area is 116 Å². The van der Waals surface area contributed by atoms with Crippen LogP contribution in [-0.4, -0.2) is 23.0 Å². The number of carbonyl (C=O) groups is 1. The number of fused-ring (bicyclic) bond motifs is 1. The standard InChI is InChI=1S/C14H14N4O2/c1-20-11-4-2-9(3-5-11)8-18-12(19)6-10-7-16-14(15)17-13(10)18/h2-5,7H,6,8H2,1H3,(H2,15,16,17). The highest BCUT2D eigenvalue weighted by Crippen LogP contribution is 2.28. The molecule has 2 heterocycles. The second-order valence-corrected chi connectivity index (χ2v) is 4.58. The molecule has 0 radical (unpaired) electrons. The topological polar surface area (TPSA) is 81.3 Å². The van der Waals surface area contributed by atoms with Crippen molar-refractivity contribution in [3.8, 4) is 5.75 Å². The Balaban J connectivity index is 1.87. The summed E-state index contributed by atoms with van der Waals surface area (Å²) in [5.74, 6) is 1.58. The number of benzene rings is 1.